The first-order chi connectivity index (χ1) is 13.2. The standard InChI is InChI=1S/C23H21N3S/c1-17-7-5-6-10-21(17)22(19-8-3-2-4-9-19)26-23(27)25-20-13-11-18(12-14-20)15-16-24/h2-14,22H,15H2,1H3,(H2,25,26,27). The van der Waals surface area contributed by atoms with Gasteiger partial charge < -0.3 is 10.6 Å². The molecule has 3 nitrogen and oxygen atoms in total. The van der Waals surface area contributed by atoms with Crippen molar-refractivity contribution in [3.8, 4) is 6.07 Å². The summed E-state index contributed by atoms with van der Waals surface area (Å²) in [5, 5.41) is 16.0. The highest BCUT2D eigenvalue weighted by molar-refractivity contribution is 7.80. The Balaban J connectivity index is 1.79. The molecule has 3 rings (SSSR count). The van der Waals surface area contributed by atoms with Crippen LogP contribution >= 0.6 is 12.2 Å². The number of aryl methyl sites for hydroxylation is 1. The van der Waals surface area contributed by atoms with E-state index in [1.165, 1.54) is 11.1 Å². The second-order valence-electron chi connectivity index (χ2n) is 6.33. The van der Waals surface area contributed by atoms with Crippen LogP contribution in [-0.4, -0.2) is 5.11 Å². The van der Waals surface area contributed by atoms with E-state index in [9.17, 15) is 0 Å². The molecule has 27 heavy (non-hydrogen) atoms. The second kappa shape index (κ2) is 8.98. The molecule has 0 radical (unpaired) electrons. The van der Waals surface area contributed by atoms with Crippen molar-refractivity contribution >= 4 is 23.0 Å². The van der Waals surface area contributed by atoms with Crippen LogP contribution in [0.15, 0.2) is 78.9 Å². The molecule has 0 aliphatic rings. The van der Waals surface area contributed by atoms with Crippen molar-refractivity contribution in [2.75, 3.05) is 5.32 Å². The van der Waals surface area contributed by atoms with Gasteiger partial charge in [0.1, 0.15) is 0 Å². The Morgan fingerprint density at radius 1 is 0.963 bits per heavy atom. The van der Waals surface area contributed by atoms with Crippen LogP contribution in [0, 0.1) is 18.3 Å². The van der Waals surface area contributed by atoms with E-state index in [0.29, 0.717) is 11.5 Å². The van der Waals surface area contributed by atoms with Crippen LogP contribution < -0.4 is 10.6 Å². The van der Waals surface area contributed by atoms with Crippen molar-refractivity contribution in [3.05, 3.63) is 101 Å². The smallest absolute Gasteiger partial charge is 0.171 e. The largest absolute Gasteiger partial charge is 0.352 e. The van der Waals surface area contributed by atoms with Gasteiger partial charge in [0.25, 0.3) is 0 Å². The predicted molar refractivity (Wildman–Crippen MR) is 115 cm³/mol. The zero-order valence-electron chi connectivity index (χ0n) is 15.1. The topological polar surface area (TPSA) is 47.8 Å². The van der Waals surface area contributed by atoms with E-state index in [-0.39, 0.29) is 6.04 Å². The van der Waals surface area contributed by atoms with Gasteiger partial charge in [0.2, 0.25) is 0 Å². The molecule has 134 valence electrons. The maximum absolute atomic E-state index is 8.78. The Hall–Kier alpha value is -3.16. The Morgan fingerprint density at radius 2 is 1.63 bits per heavy atom. The van der Waals surface area contributed by atoms with Crippen molar-refractivity contribution in [2.24, 2.45) is 0 Å². The van der Waals surface area contributed by atoms with E-state index in [1.54, 1.807) is 0 Å². The molecule has 1 unspecified atom stereocenters. The van der Waals surface area contributed by atoms with E-state index >= 15 is 0 Å². The normalized spacial score (nSPS) is 11.3. The molecule has 2 N–H and O–H groups in total. The number of benzene rings is 3. The van der Waals surface area contributed by atoms with Gasteiger partial charge in [-0.2, -0.15) is 5.26 Å². The van der Waals surface area contributed by atoms with Gasteiger partial charge in [-0.15, -0.1) is 0 Å². The summed E-state index contributed by atoms with van der Waals surface area (Å²) in [6.45, 7) is 2.11. The first-order valence-electron chi connectivity index (χ1n) is 8.81. The van der Waals surface area contributed by atoms with Crippen LogP contribution in [0.3, 0.4) is 0 Å². The quantitative estimate of drug-likeness (QED) is 0.610. The minimum Gasteiger partial charge on any atom is -0.352 e. The van der Waals surface area contributed by atoms with E-state index < -0.39 is 0 Å². The van der Waals surface area contributed by atoms with Crippen LogP contribution in [0.5, 0.6) is 0 Å². The number of nitrogens with zero attached hydrogens (tertiary/aromatic N) is 1. The molecule has 0 bridgehead atoms. The summed E-state index contributed by atoms with van der Waals surface area (Å²) in [7, 11) is 0. The summed E-state index contributed by atoms with van der Waals surface area (Å²) in [4.78, 5) is 0. The van der Waals surface area contributed by atoms with E-state index in [4.69, 9.17) is 17.5 Å². The van der Waals surface area contributed by atoms with Gasteiger partial charge in [-0.05, 0) is 53.5 Å². The van der Waals surface area contributed by atoms with Gasteiger partial charge in [0, 0.05) is 5.69 Å². The zero-order chi connectivity index (χ0) is 19.1. The van der Waals surface area contributed by atoms with Crippen molar-refractivity contribution in [2.45, 2.75) is 19.4 Å². The maximum Gasteiger partial charge on any atom is 0.171 e. The summed E-state index contributed by atoms with van der Waals surface area (Å²) < 4.78 is 0. The molecule has 0 aliphatic heterocycles. The summed E-state index contributed by atoms with van der Waals surface area (Å²) in [5.41, 5.74) is 5.44. The Kier molecular flexibility index (Phi) is 6.19. The number of nitriles is 1. The zero-order valence-corrected chi connectivity index (χ0v) is 16.0. The van der Waals surface area contributed by atoms with Gasteiger partial charge >= 0.3 is 0 Å². The summed E-state index contributed by atoms with van der Waals surface area (Å²) in [5.74, 6) is 0. The average Bonchev–Trinajstić information content (AvgIpc) is 2.69. The molecule has 0 saturated heterocycles. The molecule has 0 fully saturated rings. The van der Waals surface area contributed by atoms with Gasteiger partial charge in [0.15, 0.2) is 5.11 Å². The third kappa shape index (κ3) is 4.93. The van der Waals surface area contributed by atoms with Gasteiger partial charge in [-0.25, -0.2) is 0 Å². The second-order valence-corrected chi connectivity index (χ2v) is 6.74. The highest BCUT2D eigenvalue weighted by Crippen LogP contribution is 2.25. The van der Waals surface area contributed by atoms with Gasteiger partial charge in [0.05, 0.1) is 18.5 Å². The van der Waals surface area contributed by atoms with Crippen LogP contribution in [0.2, 0.25) is 0 Å². The fraction of sp³-hybridized carbons (Fsp3) is 0.130. The third-order valence-electron chi connectivity index (χ3n) is 4.40. The van der Waals surface area contributed by atoms with Crippen molar-refractivity contribution in [1.29, 1.82) is 5.26 Å². The molecule has 0 saturated carbocycles. The summed E-state index contributed by atoms with van der Waals surface area (Å²) >= 11 is 5.57. The first kappa shape index (κ1) is 18.6. The first-order valence-corrected chi connectivity index (χ1v) is 9.22. The van der Waals surface area contributed by atoms with E-state index in [0.717, 1.165) is 16.8 Å². The predicted octanol–water partition coefficient (Wildman–Crippen LogP) is 5.14. The monoisotopic (exact) mass is 371 g/mol. The lowest BCUT2D eigenvalue weighted by Gasteiger charge is -2.23. The van der Waals surface area contributed by atoms with Gasteiger partial charge in [-0.1, -0.05) is 66.7 Å². The molecule has 1 atom stereocenters. The van der Waals surface area contributed by atoms with Crippen LogP contribution in [0.1, 0.15) is 28.3 Å². The Bertz CT molecular complexity index is 943. The third-order valence-corrected chi connectivity index (χ3v) is 4.62. The lowest BCUT2D eigenvalue weighted by Crippen LogP contribution is -2.33. The molecule has 4 heteroatoms. The fourth-order valence-electron chi connectivity index (χ4n) is 2.99. The molecule has 0 amide bonds. The van der Waals surface area contributed by atoms with E-state index in [1.807, 2.05) is 54.6 Å². The average molecular weight is 372 g/mol. The van der Waals surface area contributed by atoms with Crippen LogP contribution in [-0.2, 0) is 6.42 Å². The van der Waals surface area contributed by atoms with Crippen LogP contribution in [0.4, 0.5) is 5.69 Å². The molecule has 0 spiro atoms. The molecule has 0 aromatic heterocycles. The minimum absolute atomic E-state index is 0.0368. The SMILES string of the molecule is Cc1ccccc1C(NC(=S)Nc1ccc(CC#N)cc1)c1ccccc1. The number of nitrogens with one attached hydrogen (secondary N) is 2. The molecular weight excluding hydrogens is 350 g/mol. The minimum atomic E-state index is -0.0368. The lowest BCUT2D eigenvalue weighted by atomic mass is 9.95. The van der Waals surface area contributed by atoms with Crippen molar-refractivity contribution in [3.63, 3.8) is 0 Å². The highest BCUT2D eigenvalue weighted by Gasteiger charge is 2.16. The summed E-state index contributed by atoms with van der Waals surface area (Å²) in [6, 6.07) is 28.5. The highest BCUT2D eigenvalue weighted by atomic mass is 32.1. The molecule has 0 heterocycles. The Morgan fingerprint density at radius 3 is 2.30 bits per heavy atom. The molecular formula is C23H21N3S. The van der Waals surface area contributed by atoms with Crippen molar-refractivity contribution < 1.29 is 0 Å². The lowest BCUT2D eigenvalue weighted by molar-refractivity contribution is 0.762. The van der Waals surface area contributed by atoms with E-state index in [2.05, 4.69) is 47.9 Å². The number of thiocarbonyl (C=S) groups is 1. The van der Waals surface area contributed by atoms with Gasteiger partial charge in [-0.3, -0.25) is 0 Å². The number of hydrogen-bond acceptors (Lipinski definition) is 2. The number of hydrogen-bond donors (Lipinski definition) is 2. The molecule has 3 aromatic rings. The van der Waals surface area contributed by atoms with Crippen molar-refractivity contribution in [1.82, 2.24) is 5.32 Å². The summed E-state index contributed by atoms with van der Waals surface area (Å²) in [6.07, 6.45) is 0.409. The Labute approximate surface area is 165 Å². The number of anilines is 1. The number of rotatable bonds is 5. The maximum atomic E-state index is 8.78. The molecule has 0 aliphatic carbocycles. The van der Waals surface area contributed by atoms with Crippen LogP contribution in [0.25, 0.3) is 0 Å². The fourth-order valence-corrected chi connectivity index (χ4v) is 3.23. The molecule has 3 aromatic carbocycles.